The third kappa shape index (κ3) is 3.00. The summed E-state index contributed by atoms with van der Waals surface area (Å²) in [4.78, 5) is 13.0. The van der Waals surface area contributed by atoms with Crippen LogP contribution in [-0.4, -0.2) is 10.5 Å². The molecule has 0 saturated carbocycles. The van der Waals surface area contributed by atoms with Crippen molar-refractivity contribution in [1.29, 1.82) is 0 Å². The van der Waals surface area contributed by atoms with Crippen LogP contribution in [0.1, 0.15) is 15.4 Å². The molecule has 3 nitrogen and oxygen atoms in total. The fourth-order valence-corrected chi connectivity index (χ4v) is 3.41. The van der Waals surface area contributed by atoms with Gasteiger partial charge in [0.15, 0.2) is 0 Å². The minimum absolute atomic E-state index is 0.0708. The molecule has 6 heteroatoms. The van der Waals surface area contributed by atoms with Crippen LogP contribution in [-0.2, 0) is 13.6 Å². The predicted octanol–water partition coefficient (Wildman–Crippen LogP) is 3.54. The van der Waals surface area contributed by atoms with Gasteiger partial charge in [0, 0.05) is 27.1 Å². The molecule has 0 spiro atoms. The normalized spacial score (nSPS) is 10.5. The number of rotatable bonds is 3. The molecular formula is C11H10Br2N2OS. The zero-order valence-electron chi connectivity index (χ0n) is 9.04. The highest BCUT2D eigenvalue weighted by Crippen LogP contribution is 2.22. The number of halogens is 2. The second-order valence-corrected chi connectivity index (χ2v) is 6.30. The lowest BCUT2D eigenvalue weighted by molar-refractivity contribution is 0.0943. The van der Waals surface area contributed by atoms with Crippen molar-refractivity contribution >= 4 is 49.1 Å². The Kier molecular flexibility index (Phi) is 4.06. The number of aryl methyl sites for hydroxylation is 1. The number of nitrogens with one attached hydrogen (secondary N) is 1. The van der Waals surface area contributed by atoms with E-state index in [9.17, 15) is 4.79 Å². The van der Waals surface area contributed by atoms with Crippen molar-refractivity contribution in [1.82, 2.24) is 9.88 Å². The van der Waals surface area contributed by atoms with Crippen LogP contribution in [0.15, 0.2) is 32.7 Å². The van der Waals surface area contributed by atoms with E-state index in [1.807, 2.05) is 24.7 Å². The first-order chi connectivity index (χ1) is 8.08. The van der Waals surface area contributed by atoms with Crippen LogP contribution >= 0.6 is 43.2 Å². The van der Waals surface area contributed by atoms with E-state index in [0.29, 0.717) is 12.2 Å². The van der Waals surface area contributed by atoms with Gasteiger partial charge in [-0.05, 0) is 49.4 Å². The Morgan fingerprint density at radius 3 is 2.82 bits per heavy atom. The van der Waals surface area contributed by atoms with Crippen molar-refractivity contribution in [3.63, 3.8) is 0 Å². The standard InChI is InChI=1S/C11H10Br2N2OS/c1-15-6-7(12)4-9(15)11(16)14-5-10-8(13)2-3-17-10/h2-4,6H,5H2,1H3,(H,14,16). The van der Waals surface area contributed by atoms with Crippen LogP contribution in [0.5, 0.6) is 0 Å². The Bertz CT molecular complexity index is 547. The van der Waals surface area contributed by atoms with Crippen molar-refractivity contribution in [3.05, 3.63) is 43.2 Å². The molecule has 0 bridgehead atoms. The highest BCUT2D eigenvalue weighted by molar-refractivity contribution is 9.10. The minimum Gasteiger partial charge on any atom is -0.346 e. The van der Waals surface area contributed by atoms with Gasteiger partial charge in [-0.15, -0.1) is 11.3 Å². The van der Waals surface area contributed by atoms with Gasteiger partial charge >= 0.3 is 0 Å². The van der Waals surface area contributed by atoms with E-state index < -0.39 is 0 Å². The van der Waals surface area contributed by atoms with Gasteiger partial charge in [-0.25, -0.2) is 0 Å². The minimum atomic E-state index is -0.0708. The first kappa shape index (κ1) is 12.9. The lowest BCUT2D eigenvalue weighted by Crippen LogP contribution is -2.24. The van der Waals surface area contributed by atoms with Gasteiger partial charge in [0.1, 0.15) is 5.69 Å². The quantitative estimate of drug-likeness (QED) is 0.871. The molecule has 17 heavy (non-hydrogen) atoms. The molecule has 90 valence electrons. The summed E-state index contributed by atoms with van der Waals surface area (Å²) < 4.78 is 3.74. The van der Waals surface area contributed by atoms with E-state index in [1.54, 1.807) is 22.0 Å². The molecule has 0 aromatic carbocycles. The van der Waals surface area contributed by atoms with Crippen LogP contribution in [0, 0.1) is 0 Å². The highest BCUT2D eigenvalue weighted by atomic mass is 79.9. The summed E-state index contributed by atoms with van der Waals surface area (Å²) >= 11 is 8.40. The fourth-order valence-electron chi connectivity index (χ4n) is 1.45. The second kappa shape index (κ2) is 5.37. The largest absolute Gasteiger partial charge is 0.346 e. The number of amides is 1. The van der Waals surface area contributed by atoms with Crippen LogP contribution < -0.4 is 5.32 Å². The fraction of sp³-hybridized carbons (Fsp3) is 0.182. The molecular weight excluding hydrogens is 368 g/mol. The van der Waals surface area contributed by atoms with Crippen LogP contribution in [0.2, 0.25) is 0 Å². The van der Waals surface area contributed by atoms with Gasteiger partial charge in [-0.1, -0.05) is 0 Å². The molecule has 1 N–H and O–H groups in total. The van der Waals surface area contributed by atoms with Crippen molar-refractivity contribution in [2.24, 2.45) is 7.05 Å². The summed E-state index contributed by atoms with van der Waals surface area (Å²) in [5, 5.41) is 4.89. The van der Waals surface area contributed by atoms with Crippen molar-refractivity contribution < 1.29 is 4.79 Å². The molecule has 0 aliphatic carbocycles. The summed E-state index contributed by atoms with van der Waals surface area (Å²) in [7, 11) is 1.85. The number of aromatic nitrogens is 1. The van der Waals surface area contributed by atoms with E-state index in [0.717, 1.165) is 13.8 Å². The van der Waals surface area contributed by atoms with E-state index in [-0.39, 0.29) is 5.91 Å². The van der Waals surface area contributed by atoms with Crippen LogP contribution in [0.4, 0.5) is 0 Å². The summed E-state index contributed by atoms with van der Waals surface area (Å²) in [5.74, 6) is -0.0708. The molecule has 0 atom stereocenters. The van der Waals surface area contributed by atoms with Crippen molar-refractivity contribution in [2.75, 3.05) is 0 Å². The molecule has 0 fully saturated rings. The van der Waals surface area contributed by atoms with Gasteiger partial charge < -0.3 is 9.88 Å². The number of nitrogens with zero attached hydrogens (tertiary/aromatic N) is 1. The molecule has 2 aromatic rings. The van der Waals surface area contributed by atoms with E-state index in [1.165, 1.54) is 0 Å². The maximum absolute atomic E-state index is 11.9. The molecule has 0 radical (unpaired) electrons. The second-order valence-electron chi connectivity index (χ2n) is 3.53. The third-order valence-corrected chi connectivity index (χ3v) is 4.66. The Balaban J connectivity index is 2.03. The average Bonchev–Trinajstić information content (AvgIpc) is 2.81. The monoisotopic (exact) mass is 376 g/mol. The number of carbonyl (C=O) groups excluding carboxylic acids is 1. The van der Waals surface area contributed by atoms with Gasteiger partial charge in [0.25, 0.3) is 5.91 Å². The SMILES string of the molecule is Cn1cc(Br)cc1C(=O)NCc1sccc1Br. The van der Waals surface area contributed by atoms with Gasteiger partial charge in [-0.2, -0.15) is 0 Å². The maximum Gasteiger partial charge on any atom is 0.268 e. The number of carbonyl (C=O) groups is 1. The van der Waals surface area contributed by atoms with Crippen LogP contribution in [0.3, 0.4) is 0 Å². The molecule has 1 amide bonds. The zero-order chi connectivity index (χ0) is 12.4. The van der Waals surface area contributed by atoms with Gasteiger partial charge in [-0.3, -0.25) is 4.79 Å². The first-order valence-electron chi connectivity index (χ1n) is 4.90. The third-order valence-electron chi connectivity index (χ3n) is 2.30. The summed E-state index contributed by atoms with van der Waals surface area (Å²) in [6.07, 6.45) is 1.86. The van der Waals surface area contributed by atoms with E-state index in [4.69, 9.17) is 0 Å². The zero-order valence-corrected chi connectivity index (χ0v) is 13.0. The van der Waals surface area contributed by atoms with Crippen molar-refractivity contribution in [2.45, 2.75) is 6.54 Å². The van der Waals surface area contributed by atoms with Gasteiger partial charge in [0.2, 0.25) is 0 Å². The van der Waals surface area contributed by atoms with E-state index in [2.05, 4.69) is 37.2 Å². The van der Waals surface area contributed by atoms with Gasteiger partial charge in [0.05, 0.1) is 6.54 Å². The Hall–Kier alpha value is -0.590. The summed E-state index contributed by atoms with van der Waals surface area (Å²) in [6, 6.07) is 3.78. The number of thiophene rings is 1. The summed E-state index contributed by atoms with van der Waals surface area (Å²) in [5.41, 5.74) is 0.643. The van der Waals surface area contributed by atoms with Crippen LogP contribution in [0.25, 0.3) is 0 Å². The number of hydrogen-bond donors (Lipinski definition) is 1. The number of hydrogen-bond acceptors (Lipinski definition) is 2. The molecule has 2 heterocycles. The molecule has 2 rings (SSSR count). The van der Waals surface area contributed by atoms with E-state index >= 15 is 0 Å². The average molecular weight is 378 g/mol. The Morgan fingerprint density at radius 1 is 1.53 bits per heavy atom. The maximum atomic E-state index is 11.9. The van der Waals surface area contributed by atoms with Crippen molar-refractivity contribution in [3.8, 4) is 0 Å². The lowest BCUT2D eigenvalue weighted by atomic mass is 10.4. The lowest BCUT2D eigenvalue weighted by Gasteiger charge is -2.05. The Morgan fingerprint density at radius 2 is 2.29 bits per heavy atom. The summed E-state index contributed by atoms with van der Waals surface area (Å²) in [6.45, 7) is 0.542. The molecule has 0 aliphatic rings. The Labute approximate surface area is 120 Å². The smallest absolute Gasteiger partial charge is 0.268 e. The first-order valence-corrected chi connectivity index (χ1v) is 7.36. The molecule has 0 unspecified atom stereocenters. The highest BCUT2D eigenvalue weighted by Gasteiger charge is 2.11. The molecule has 0 aliphatic heterocycles. The topological polar surface area (TPSA) is 34.0 Å². The predicted molar refractivity (Wildman–Crippen MR) is 76.3 cm³/mol. The molecule has 2 aromatic heterocycles. The molecule has 0 saturated heterocycles.